The lowest BCUT2D eigenvalue weighted by atomic mass is 9.89. The number of pyridine rings is 1. The van der Waals surface area contributed by atoms with E-state index in [4.69, 9.17) is 4.99 Å². The van der Waals surface area contributed by atoms with Crippen molar-refractivity contribution in [1.29, 1.82) is 0 Å². The van der Waals surface area contributed by atoms with Crippen molar-refractivity contribution in [2.24, 2.45) is 4.99 Å². The summed E-state index contributed by atoms with van der Waals surface area (Å²) in [5.41, 5.74) is 18.5. The average molecular weight is 611 g/mol. The number of allylic oxidation sites excluding steroid dienone is 9. The number of benzene rings is 4. The minimum Gasteiger partial charge on any atom is -0.264 e. The predicted molar refractivity (Wildman–Crippen MR) is 200 cm³/mol. The second-order valence-corrected chi connectivity index (χ2v) is 11.9. The standard InChI is InChI=1S/C46H30N2/c1-2-13-32(33-14-4-3-5-15-33)17-11-21-40-28-39-27-38(44-29-36-16-6-7-22-41(36)42-23-8-9-24-43(42)44)30-45(46(39)48-40)35-19-10-18-34(26-35)37-20-12-25-47-31-37/h2-4,6-7,9-14,16-20,22,24-27,29-31H,1,21,28H2/b17-11-,32-13+. The summed E-state index contributed by atoms with van der Waals surface area (Å²) in [6.45, 7) is 3.91. The van der Waals surface area contributed by atoms with Crippen LogP contribution in [0.4, 0.5) is 5.69 Å². The van der Waals surface area contributed by atoms with Crippen LogP contribution in [0.1, 0.15) is 12.0 Å². The Hall–Kier alpha value is -6.48. The zero-order valence-corrected chi connectivity index (χ0v) is 26.4. The van der Waals surface area contributed by atoms with Crippen LogP contribution in [-0.2, 0) is 6.42 Å². The highest BCUT2D eigenvalue weighted by Gasteiger charge is 2.21. The molecule has 0 fully saturated rings. The molecule has 1 aromatic heterocycles. The summed E-state index contributed by atoms with van der Waals surface area (Å²) in [5, 5.41) is 4.63. The van der Waals surface area contributed by atoms with E-state index < -0.39 is 0 Å². The first-order valence-corrected chi connectivity index (χ1v) is 16.1. The maximum absolute atomic E-state index is 5.28. The van der Waals surface area contributed by atoms with Gasteiger partial charge in [0.15, 0.2) is 0 Å². The minimum absolute atomic E-state index is 0.744. The van der Waals surface area contributed by atoms with Crippen molar-refractivity contribution in [3.05, 3.63) is 193 Å². The molecule has 8 rings (SSSR count). The first-order chi connectivity index (χ1) is 23.7. The molecular weight excluding hydrogens is 581 g/mol. The van der Waals surface area contributed by atoms with E-state index in [0.717, 1.165) is 63.0 Å². The van der Waals surface area contributed by atoms with Crippen LogP contribution in [0.5, 0.6) is 0 Å². The molecule has 0 radical (unpaired) electrons. The third-order valence-corrected chi connectivity index (χ3v) is 8.86. The zero-order chi connectivity index (χ0) is 32.3. The van der Waals surface area contributed by atoms with Crippen LogP contribution in [0.15, 0.2) is 180 Å². The summed E-state index contributed by atoms with van der Waals surface area (Å²) >= 11 is 0. The number of aromatic nitrogens is 1. The maximum atomic E-state index is 5.28. The third-order valence-electron chi connectivity index (χ3n) is 8.86. The Kier molecular flexibility index (Phi) is 7.68. The Balaban J connectivity index is 1.24. The summed E-state index contributed by atoms with van der Waals surface area (Å²) in [5.74, 6) is 0. The van der Waals surface area contributed by atoms with Crippen LogP contribution in [0.25, 0.3) is 54.9 Å². The number of fused-ring (bicyclic) bond motifs is 4. The number of hydrogen-bond acceptors (Lipinski definition) is 2. The molecule has 0 spiro atoms. The molecule has 2 aliphatic rings. The molecule has 0 amide bonds. The van der Waals surface area contributed by atoms with Crippen molar-refractivity contribution in [1.82, 2.24) is 4.98 Å². The molecule has 1 aliphatic carbocycles. The predicted octanol–water partition coefficient (Wildman–Crippen LogP) is 11.5. The SMILES string of the molecule is C=C/C=C(\C=C/CC1=Nc2c(cc(-c3cc4ccccc4c4c#cccc34)cc2-c2cccc(-c3cccnc3)c2)C1)C1=C=C=CC=C1. The fraction of sp³-hybridized carbons (Fsp3) is 0.0435. The molecule has 2 heterocycles. The van der Waals surface area contributed by atoms with Crippen molar-refractivity contribution >= 4 is 32.9 Å². The second kappa shape index (κ2) is 12.7. The van der Waals surface area contributed by atoms with E-state index in [1.54, 1.807) is 0 Å². The molecule has 48 heavy (non-hydrogen) atoms. The third kappa shape index (κ3) is 5.58. The van der Waals surface area contributed by atoms with Gasteiger partial charge in [0.05, 0.1) is 5.69 Å². The van der Waals surface area contributed by atoms with Gasteiger partial charge in [0.25, 0.3) is 0 Å². The van der Waals surface area contributed by atoms with Gasteiger partial charge in [-0.2, -0.15) is 0 Å². The first kappa shape index (κ1) is 29.0. The molecule has 0 saturated carbocycles. The molecule has 0 bridgehead atoms. The van der Waals surface area contributed by atoms with Gasteiger partial charge in [-0.25, -0.2) is 0 Å². The van der Waals surface area contributed by atoms with E-state index in [2.05, 4.69) is 126 Å². The number of hydrogen-bond donors (Lipinski definition) is 0. The Morgan fingerprint density at radius 3 is 2.65 bits per heavy atom. The smallest absolute Gasteiger partial charge is 0.0743 e. The van der Waals surface area contributed by atoms with Crippen LogP contribution < -0.4 is 0 Å². The minimum atomic E-state index is 0.744. The first-order valence-electron chi connectivity index (χ1n) is 16.1. The maximum Gasteiger partial charge on any atom is 0.0743 e. The Labute approximate surface area is 281 Å². The number of nitrogens with zero attached hydrogens (tertiary/aromatic N) is 2. The summed E-state index contributed by atoms with van der Waals surface area (Å²) in [6.07, 6.45) is 19.3. The molecular formula is C46H30N2. The van der Waals surface area contributed by atoms with Crippen molar-refractivity contribution in [3.8, 4) is 33.4 Å². The van der Waals surface area contributed by atoms with Crippen molar-refractivity contribution in [2.75, 3.05) is 0 Å². The Bertz CT molecular complexity index is 2470. The quantitative estimate of drug-likeness (QED) is 0.124. The van der Waals surface area contributed by atoms with Crippen LogP contribution in [0.3, 0.4) is 0 Å². The molecule has 1 aliphatic heterocycles. The topological polar surface area (TPSA) is 25.2 Å². The van der Waals surface area contributed by atoms with E-state index in [1.165, 1.54) is 32.8 Å². The number of aliphatic imine (C=N–C) groups is 1. The zero-order valence-electron chi connectivity index (χ0n) is 26.4. The molecule has 0 unspecified atom stereocenters. The Morgan fingerprint density at radius 2 is 1.77 bits per heavy atom. The van der Waals surface area contributed by atoms with Gasteiger partial charge in [-0.1, -0.05) is 109 Å². The normalized spacial score (nSPS) is 13.5. The highest BCUT2D eigenvalue weighted by atomic mass is 14.8. The molecule has 0 N–H and O–H groups in total. The lowest BCUT2D eigenvalue weighted by molar-refractivity contribution is 1.32. The van der Waals surface area contributed by atoms with E-state index in [1.807, 2.05) is 54.9 Å². The number of rotatable bonds is 8. The lowest BCUT2D eigenvalue weighted by Gasteiger charge is -2.15. The van der Waals surface area contributed by atoms with Gasteiger partial charge in [-0.05, 0) is 104 Å². The lowest BCUT2D eigenvalue weighted by Crippen LogP contribution is -1.96. The Morgan fingerprint density at radius 1 is 0.854 bits per heavy atom. The largest absolute Gasteiger partial charge is 0.264 e. The van der Waals surface area contributed by atoms with Gasteiger partial charge in [-0.15, -0.1) is 0 Å². The summed E-state index contributed by atoms with van der Waals surface area (Å²) in [4.78, 5) is 9.64. The average Bonchev–Trinajstić information content (AvgIpc) is 3.57. The van der Waals surface area contributed by atoms with Crippen molar-refractivity contribution in [2.45, 2.75) is 12.8 Å². The monoisotopic (exact) mass is 610 g/mol. The molecule has 0 saturated heterocycles. The van der Waals surface area contributed by atoms with E-state index in [-0.39, 0.29) is 0 Å². The van der Waals surface area contributed by atoms with Crippen LogP contribution in [0.2, 0.25) is 0 Å². The molecule has 6 aromatic rings. The fourth-order valence-corrected chi connectivity index (χ4v) is 6.63. The molecule has 2 nitrogen and oxygen atoms in total. The van der Waals surface area contributed by atoms with Crippen LogP contribution in [-0.4, -0.2) is 10.7 Å². The highest BCUT2D eigenvalue weighted by molar-refractivity contribution is 6.13. The van der Waals surface area contributed by atoms with Crippen molar-refractivity contribution < 1.29 is 0 Å². The molecule has 224 valence electrons. The molecule has 2 heteroatoms. The van der Waals surface area contributed by atoms with Gasteiger partial charge in [0.1, 0.15) is 0 Å². The van der Waals surface area contributed by atoms with Gasteiger partial charge in [0, 0.05) is 53.0 Å². The van der Waals surface area contributed by atoms with Gasteiger partial charge in [-0.3, -0.25) is 9.98 Å². The van der Waals surface area contributed by atoms with Crippen molar-refractivity contribution in [3.63, 3.8) is 0 Å². The van der Waals surface area contributed by atoms with E-state index in [0.29, 0.717) is 0 Å². The van der Waals surface area contributed by atoms with Gasteiger partial charge >= 0.3 is 0 Å². The van der Waals surface area contributed by atoms with E-state index in [9.17, 15) is 0 Å². The molecule has 5 aromatic carbocycles. The van der Waals surface area contributed by atoms with E-state index >= 15 is 0 Å². The molecule has 0 atom stereocenters. The fourth-order valence-electron chi connectivity index (χ4n) is 6.63. The van der Waals surface area contributed by atoms with Crippen LogP contribution in [0, 0.1) is 12.1 Å². The van der Waals surface area contributed by atoms with Gasteiger partial charge in [0.2, 0.25) is 0 Å². The second-order valence-electron chi connectivity index (χ2n) is 11.9. The van der Waals surface area contributed by atoms with Gasteiger partial charge < -0.3 is 0 Å². The summed E-state index contributed by atoms with van der Waals surface area (Å²) in [6, 6.07) is 39.0. The highest BCUT2D eigenvalue weighted by Crippen LogP contribution is 2.44. The summed E-state index contributed by atoms with van der Waals surface area (Å²) in [7, 11) is 0. The summed E-state index contributed by atoms with van der Waals surface area (Å²) < 4.78 is 0. The van der Waals surface area contributed by atoms with Crippen LogP contribution >= 0.6 is 0 Å².